The monoisotopic (exact) mass is 250 g/mol. The summed E-state index contributed by atoms with van der Waals surface area (Å²) < 4.78 is 7.22. The standard InChI is InChI=1S/C13H18N2O3/c16-13(17)11-7-15(10-3-1-2-4-10)14-12(11)9-5-6-18-8-9/h7,9-10H,1-6,8H2,(H,16,17). The fourth-order valence-electron chi connectivity index (χ4n) is 2.98. The van der Waals surface area contributed by atoms with Crippen molar-refractivity contribution < 1.29 is 14.6 Å². The quantitative estimate of drug-likeness (QED) is 0.893. The van der Waals surface area contributed by atoms with E-state index in [9.17, 15) is 9.90 Å². The van der Waals surface area contributed by atoms with Crippen molar-refractivity contribution in [3.8, 4) is 0 Å². The van der Waals surface area contributed by atoms with Crippen LogP contribution in [0.1, 0.15) is 60.1 Å². The number of hydrogen-bond donors (Lipinski definition) is 1. The molecule has 2 aliphatic rings. The third-order valence-corrected chi connectivity index (χ3v) is 4.01. The lowest BCUT2D eigenvalue weighted by Crippen LogP contribution is -2.08. The van der Waals surface area contributed by atoms with Gasteiger partial charge in [-0.1, -0.05) is 12.8 Å². The highest BCUT2D eigenvalue weighted by Gasteiger charge is 2.28. The summed E-state index contributed by atoms with van der Waals surface area (Å²) in [5.74, 6) is -0.722. The van der Waals surface area contributed by atoms with Crippen molar-refractivity contribution in [2.24, 2.45) is 0 Å². The first-order valence-electron chi connectivity index (χ1n) is 6.66. The number of carbonyl (C=O) groups is 1. The lowest BCUT2D eigenvalue weighted by Gasteiger charge is -2.09. The van der Waals surface area contributed by atoms with Crippen LogP contribution in [0.15, 0.2) is 6.20 Å². The van der Waals surface area contributed by atoms with Gasteiger partial charge in [-0.05, 0) is 19.3 Å². The smallest absolute Gasteiger partial charge is 0.339 e. The molecule has 1 saturated heterocycles. The molecule has 5 nitrogen and oxygen atoms in total. The predicted molar refractivity (Wildman–Crippen MR) is 64.9 cm³/mol. The molecule has 1 aliphatic carbocycles. The molecule has 3 rings (SSSR count). The van der Waals surface area contributed by atoms with E-state index >= 15 is 0 Å². The number of nitrogens with zero attached hydrogens (tertiary/aromatic N) is 2. The van der Waals surface area contributed by atoms with Gasteiger partial charge in [0.1, 0.15) is 5.56 Å². The van der Waals surface area contributed by atoms with Crippen LogP contribution >= 0.6 is 0 Å². The molecular formula is C13H18N2O3. The van der Waals surface area contributed by atoms with Crippen molar-refractivity contribution in [2.75, 3.05) is 13.2 Å². The van der Waals surface area contributed by atoms with E-state index in [1.807, 2.05) is 4.68 Å². The van der Waals surface area contributed by atoms with Crippen LogP contribution in [-0.4, -0.2) is 34.1 Å². The van der Waals surface area contributed by atoms with Gasteiger partial charge in [0, 0.05) is 18.7 Å². The van der Waals surface area contributed by atoms with E-state index in [1.165, 1.54) is 12.8 Å². The molecule has 1 atom stereocenters. The first-order valence-corrected chi connectivity index (χ1v) is 6.66. The number of aromatic nitrogens is 2. The Labute approximate surface area is 106 Å². The van der Waals surface area contributed by atoms with E-state index in [1.54, 1.807) is 6.20 Å². The predicted octanol–water partition coefficient (Wildman–Crippen LogP) is 2.20. The second kappa shape index (κ2) is 4.72. The molecule has 0 radical (unpaired) electrons. The molecule has 1 aromatic rings. The molecule has 18 heavy (non-hydrogen) atoms. The fraction of sp³-hybridized carbons (Fsp3) is 0.692. The second-order valence-corrected chi connectivity index (χ2v) is 5.21. The van der Waals surface area contributed by atoms with E-state index in [0.717, 1.165) is 19.3 Å². The Kier molecular flexibility index (Phi) is 3.07. The van der Waals surface area contributed by atoms with Crippen molar-refractivity contribution in [3.05, 3.63) is 17.5 Å². The summed E-state index contributed by atoms with van der Waals surface area (Å²) in [6.45, 7) is 1.31. The van der Waals surface area contributed by atoms with Crippen LogP contribution in [0.2, 0.25) is 0 Å². The molecule has 1 unspecified atom stereocenters. The third kappa shape index (κ3) is 2.03. The van der Waals surface area contributed by atoms with Crippen molar-refractivity contribution in [2.45, 2.75) is 44.1 Å². The van der Waals surface area contributed by atoms with Crippen LogP contribution in [0.4, 0.5) is 0 Å². The van der Waals surface area contributed by atoms with Crippen molar-refractivity contribution in [1.82, 2.24) is 9.78 Å². The minimum Gasteiger partial charge on any atom is -0.478 e. The van der Waals surface area contributed by atoms with E-state index in [-0.39, 0.29) is 5.92 Å². The molecule has 1 aliphatic heterocycles. The molecule has 0 amide bonds. The summed E-state index contributed by atoms with van der Waals surface area (Å²) in [5, 5.41) is 13.8. The maximum absolute atomic E-state index is 11.3. The molecular weight excluding hydrogens is 232 g/mol. The zero-order valence-corrected chi connectivity index (χ0v) is 10.3. The summed E-state index contributed by atoms with van der Waals surface area (Å²) in [6, 6.07) is 0.388. The SMILES string of the molecule is O=C(O)c1cn(C2CCCC2)nc1C1CCOC1. The maximum Gasteiger partial charge on any atom is 0.339 e. The summed E-state index contributed by atoms with van der Waals surface area (Å²) in [5.41, 5.74) is 1.07. The largest absolute Gasteiger partial charge is 0.478 e. The Morgan fingerprint density at radius 2 is 2.17 bits per heavy atom. The van der Waals surface area contributed by atoms with Crippen LogP contribution in [0.3, 0.4) is 0 Å². The molecule has 0 spiro atoms. The lowest BCUT2D eigenvalue weighted by molar-refractivity contribution is 0.0695. The molecule has 1 saturated carbocycles. The Bertz CT molecular complexity index is 443. The first kappa shape index (κ1) is 11.7. The third-order valence-electron chi connectivity index (χ3n) is 4.01. The Balaban J connectivity index is 1.92. The minimum absolute atomic E-state index is 0.152. The van der Waals surface area contributed by atoms with E-state index in [2.05, 4.69) is 5.10 Å². The minimum atomic E-state index is -0.874. The highest BCUT2D eigenvalue weighted by Crippen LogP contribution is 2.32. The first-order chi connectivity index (χ1) is 8.75. The van der Waals surface area contributed by atoms with Gasteiger partial charge in [0.2, 0.25) is 0 Å². The fourth-order valence-corrected chi connectivity index (χ4v) is 2.98. The summed E-state index contributed by atoms with van der Waals surface area (Å²) in [7, 11) is 0. The number of carboxylic acids is 1. The molecule has 1 N–H and O–H groups in total. The van der Waals surface area contributed by atoms with Gasteiger partial charge in [0.25, 0.3) is 0 Å². The second-order valence-electron chi connectivity index (χ2n) is 5.21. The topological polar surface area (TPSA) is 64.3 Å². The Morgan fingerprint density at radius 1 is 1.39 bits per heavy atom. The molecule has 2 fully saturated rings. The average molecular weight is 250 g/mol. The number of hydrogen-bond acceptors (Lipinski definition) is 3. The van der Waals surface area contributed by atoms with Crippen LogP contribution in [0, 0.1) is 0 Å². The molecule has 2 heterocycles. The molecule has 0 aromatic carbocycles. The number of rotatable bonds is 3. The van der Waals surface area contributed by atoms with E-state index in [0.29, 0.717) is 30.5 Å². The molecule has 98 valence electrons. The van der Waals surface area contributed by atoms with Gasteiger partial charge in [-0.15, -0.1) is 0 Å². The molecule has 0 bridgehead atoms. The van der Waals surface area contributed by atoms with Crippen molar-refractivity contribution in [3.63, 3.8) is 0 Å². The van der Waals surface area contributed by atoms with Crippen LogP contribution in [-0.2, 0) is 4.74 Å². The molecule has 1 aromatic heterocycles. The van der Waals surface area contributed by atoms with Crippen LogP contribution in [0.25, 0.3) is 0 Å². The zero-order chi connectivity index (χ0) is 12.5. The molecule has 5 heteroatoms. The van der Waals surface area contributed by atoms with Gasteiger partial charge >= 0.3 is 5.97 Å². The average Bonchev–Trinajstić information content (AvgIpc) is 3.10. The van der Waals surface area contributed by atoms with Gasteiger partial charge in [-0.2, -0.15) is 5.10 Å². The highest BCUT2D eigenvalue weighted by atomic mass is 16.5. The van der Waals surface area contributed by atoms with Crippen molar-refractivity contribution >= 4 is 5.97 Å². The van der Waals surface area contributed by atoms with Gasteiger partial charge in [0.15, 0.2) is 0 Å². The number of aromatic carboxylic acids is 1. The van der Waals surface area contributed by atoms with Gasteiger partial charge < -0.3 is 9.84 Å². The maximum atomic E-state index is 11.3. The zero-order valence-electron chi connectivity index (χ0n) is 10.3. The number of carboxylic acid groups (broad SMARTS) is 1. The lowest BCUT2D eigenvalue weighted by atomic mass is 10.0. The van der Waals surface area contributed by atoms with E-state index < -0.39 is 5.97 Å². The van der Waals surface area contributed by atoms with Gasteiger partial charge in [0.05, 0.1) is 18.3 Å². The summed E-state index contributed by atoms with van der Waals surface area (Å²) >= 11 is 0. The van der Waals surface area contributed by atoms with Crippen LogP contribution in [0.5, 0.6) is 0 Å². The van der Waals surface area contributed by atoms with E-state index in [4.69, 9.17) is 4.74 Å². The van der Waals surface area contributed by atoms with Crippen molar-refractivity contribution in [1.29, 1.82) is 0 Å². The van der Waals surface area contributed by atoms with Crippen LogP contribution < -0.4 is 0 Å². The normalized spacial score (nSPS) is 24.8. The summed E-state index contributed by atoms with van der Waals surface area (Å²) in [6.07, 6.45) is 7.25. The van der Waals surface area contributed by atoms with Gasteiger partial charge in [-0.3, -0.25) is 4.68 Å². The Morgan fingerprint density at radius 3 is 2.78 bits per heavy atom. The Hall–Kier alpha value is -1.36. The van der Waals surface area contributed by atoms with Gasteiger partial charge in [-0.25, -0.2) is 4.79 Å². The summed E-state index contributed by atoms with van der Waals surface area (Å²) in [4.78, 5) is 11.3. The number of ether oxygens (including phenoxy) is 1. The highest BCUT2D eigenvalue weighted by molar-refractivity contribution is 5.88.